The number of piperidine rings is 2. The molecule has 0 radical (unpaired) electrons. The lowest BCUT2D eigenvalue weighted by Gasteiger charge is -2.32. The van der Waals surface area contributed by atoms with E-state index in [-0.39, 0.29) is 20.4 Å². The molecule has 30 heteroatoms. The maximum atomic E-state index is 11.0. The van der Waals surface area contributed by atoms with Crippen LogP contribution in [-0.2, 0) is 20.4 Å². The number of aromatic nitrogens is 6. The third kappa shape index (κ3) is 19.5. The molecule has 2 saturated heterocycles. The molecule has 24 nitrogen and oxygen atoms in total. The number of anilines is 1. The van der Waals surface area contributed by atoms with Gasteiger partial charge in [-0.15, -0.1) is 0 Å². The highest BCUT2D eigenvalue weighted by Crippen LogP contribution is 2.37. The number of ether oxygens (including phenoxy) is 6. The lowest BCUT2D eigenvalue weighted by atomic mass is 9.80. The van der Waals surface area contributed by atoms with Crippen molar-refractivity contribution in [2.24, 2.45) is 22.1 Å². The molecular formula is C47H56BCl3N12O12S2. The van der Waals surface area contributed by atoms with Crippen LogP contribution in [0.2, 0.25) is 15.5 Å². The Morgan fingerprint density at radius 2 is 0.987 bits per heavy atom. The Morgan fingerprint density at radius 3 is 1.45 bits per heavy atom. The number of nitrogens with one attached hydrogen (secondary N) is 3. The average molecular weight is 1160 g/mol. The fraction of sp³-hybridized carbons (Fsp3) is 0.362. The summed E-state index contributed by atoms with van der Waals surface area (Å²) in [5.41, 5.74) is 3.88. The van der Waals surface area contributed by atoms with Crippen LogP contribution in [0.5, 0.6) is 34.5 Å². The fourth-order valence-corrected chi connectivity index (χ4v) is 9.40. The lowest BCUT2D eigenvalue weighted by Crippen LogP contribution is -2.36. The molecule has 0 unspecified atom stereocenters. The largest absolute Gasteiger partial charge is 0.488 e. The summed E-state index contributed by atoms with van der Waals surface area (Å²) in [5.74, 6) is 6.15. The van der Waals surface area contributed by atoms with Gasteiger partial charge in [-0.2, -0.15) is 16.8 Å². The molecule has 0 amide bonds. The zero-order valence-corrected chi connectivity index (χ0v) is 45.1. The Labute approximate surface area is 460 Å². The van der Waals surface area contributed by atoms with E-state index in [9.17, 15) is 16.8 Å². The van der Waals surface area contributed by atoms with Gasteiger partial charge in [0, 0.05) is 55.5 Å². The van der Waals surface area contributed by atoms with E-state index < -0.39 is 27.5 Å². The molecular weight excluding hydrogens is 1110 g/mol. The summed E-state index contributed by atoms with van der Waals surface area (Å²) in [7, 11) is -8.56. The van der Waals surface area contributed by atoms with E-state index in [2.05, 4.69) is 49.6 Å². The van der Waals surface area contributed by atoms with Crippen molar-refractivity contribution in [2.45, 2.75) is 38.5 Å². The molecule has 11 rings (SSSR count). The van der Waals surface area contributed by atoms with Gasteiger partial charge >= 0.3 is 7.12 Å². The van der Waals surface area contributed by atoms with Crippen molar-refractivity contribution in [3.63, 3.8) is 0 Å². The van der Waals surface area contributed by atoms with Gasteiger partial charge in [-0.05, 0) is 117 Å². The number of rotatable bonds is 12. The van der Waals surface area contributed by atoms with Crippen molar-refractivity contribution in [3.8, 4) is 57.0 Å². The van der Waals surface area contributed by atoms with Gasteiger partial charge < -0.3 is 48.7 Å². The van der Waals surface area contributed by atoms with Crippen LogP contribution >= 0.6 is 34.8 Å². The normalized spacial score (nSPS) is 15.3. The van der Waals surface area contributed by atoms with Crippen LogP contribution in [0.25, 0.3) is 22.5 Å². The minimum atomic E-state index is -3.61. The second kappa shape index (κ2) is 28.6. The summed E-state index contributed by atoms with van der Waals surface area (Å²) < 4.78 is 79.0. The van der Waals surface area contributed by atoms with Crippen LogP contribution in [0.4, 0.5) is 5.82 Å². The molecule has 77 heavy (non-hydrogen) atoms. The average Bonchev–Trinajstić information content (AvgIpc) is 4.21. The first-order valence-electron chi connectivity index (χ1n) is 23.9. The number of hydrogen-bond donors (Lipinski definition) is 7. The van der Waals surface area contributed by atoms with Gasteiger partial charge in [0.05, 0.1) is 11.4 Å². The minimum Gasteiger partial charge on any atom is -0.454 e. The fourth-order valence-electron chi connectivity index (χ4n) is 8.10. The highest BCUT2D eigenvalue weighted by molar-refractivity contribution is 7.87. The molecule has 6 aromatic rings. The molecule has 5 aliphatic rings. The maximum absolute atomic E-state index is 11.0. The summed E-state index contributed by atoms with van der Waals surface area (Å²) in [6.07, 6.45) is 10.2. The quantitative estimate of drug-likeness (QED) is 0.0676. The Hall–Kier alpha value is -5.95. The van der Waals surface area contributed by atoms with Crippen molar-refractivity contribution >= 4 is 73.6 Å². The van der Waals surface area contributed by atoms with E-state index in [1.165, 1.54) is 18.7 Å². The van der Waals surface area contributed by atoms with Gasteiger partial charge in [-0.25, -0.2) is 49.6 Å². The third-order valence-electron chi connectivity index (χ3n) is 12.0. The predicted molar refractivity (Wildman–Crippen MR) is 289 cm³/mol. The van der Waals surface area contributed by atoms with Crippen LogP contribution in [0.15, 0.2) is 91.8 Å². The highest BCUT2D eigenvalue weighted by Gasteiger charge is 2.23. The van der Waals surface area contributed by atoms with Gasteiger partial charge in [0.25, 0.3) is 20.4 Å². The molecule has 0 aliphatic carbocycles. The van der Waals surface area contributed by atoms with Gasteiger partial charge in [0.15, 0.2) is 34.5 Å². The molecule has 3 aromatic heterocycles. The standard InChI is InChI=1S/C18H23N5O4S.C11H7ClN2O2.C7H7BO4.C7H17N3O2S.C4H2Cl2N2/c19-28(24,25)22-6-3-13-4-7-23(8-5-13)18-10-15(20-11-21-18)14-1-2-16-17(9-14)27-12-26-16;12-11-4-8(13-5-14-11)7-1-2-9-10(3-7)16-6-15-9;9-8(10)5-1-2-6-7(3-5)12-4-11-6;8-13(11,12)10-6-3-7-1-4-9-5-2-7;5-3-1-4(6)8-2-7-3/h1-2,9-11,13,22H,3-8,12H2,(H2,19,24,25);1-5H,6H2;1-3,9-10H,4H2;7,9-10H,1-6H2,(H2,8,11,12);1-2H. The van der Waals surface area contributed by atoms with Crippen molar-refractivity contribution in [2.75, 3.05) is 64.5 Å². The van der Waals surface area contributed by atoms with Crippen molar-refractivity contribution in [1.29, 1.82) is 0 Å². The number of fused-ring (bicyclic) bond motifs is 3. The monoisotopic (exact) mass is 1160 g/mol. The molecule has 9 N–H and O–H groups in total. The van der Waals surface area contributed by atoms with Crippen LogP contribution < -0.4 is 63.8 Å². The molecule has 3 aromatic carbocycles. The number of hydrogen-bond acceptors (Lipinski definition) is 20. The van der Waals surface area contributed by atoms with E-state index in [1.54, 1.807) is 30.6 Å². The first-order chi connectivity index (χ1) is 36.9. The van der Waals surface area contributed by atoms with Crippen LogP contribution in [-0.4, -0.2) is 124 Å². The zero-order chi connectivity index (χ0) is 54.8. The Morgan fingerprint density at radius 1 is 0.558 bits per heavy atom. The van der Waals surface area contributed by atoms with E-state index >= 15 is 0 Å². The number of benzene rings is 3. The predicted octanol–water partition coefficient (Wildman–Crippen LogP) is 3.85. The van der Waals surface area contributed by atoms with Crippen molar-refractivity contribution in [3.05, 3.63) is 107 Å². The van der Waals surface area contributed by atoms with Crippen LogP contribution in [0.3, 0.4) is 0 Å². The zero-order valence-electron chi connectivity index (χ0n) is 41.2. The molecule has 8 heterocycles. The molecule has 2 fully saturated rings. The maximum Gasteiger partial charge on any atom is 0.488 e. The second-order valence-electron chi connectivity index (χ2n) is 17.4. The van der Waals surface area contributed by atoms with Crippen LogP contribution in [0.1, 0.15) is 38.5 Å². The Bertz CT molecular complexity index is 3100. The number of nitrogens with zero attached hydrogens (tertiary/aromatic N) is 7. The molecule has 0 bridgehead atoms. The summed E-state index contributed by atoms with van der Waals surface area (Å²) >= 11 is 16.6. The van der Waals surface area contributed by atoms with Gasteiger partial charge in [0.2, 0.25) is 20.4 Å². The second-order valence-corrected chi connectivity index (χ2v) is 21.3. The minimum absolute atomic E-state index is 0.195. The molecule has 0 saturated carbocycles. The molecule has 5 aliphatic heterocycles. The van der Waals surface area contributed by atoms with Gasteiger partial charge in [0.1, 0.15) is 40.3 Å². The summed E-state index contributed by atoms with van der Waals surface area (Å²) in [6, 6.07) is 21.4. The van der Waals surface area contributed by atoms with E-state index in [4.69, 9.17) is 83.5 Å². The van der Waals surface area contributed by atoms with Crippen molar-refractivity contribution in [1.82, 2.24) is 44.7 Å². The number of nitrogens with two attached hydrogens (primary N) is 2. The van der Waals surface area contributed by atoms with E-state index in [1.807, 2.05) is 42.5 Å². The van der Waals surface area contributed by atoms with E-state index in [0.717, 1.165) is 116 Å². The molecule has 0 atom stereocenters. The van der Waals surface area contributed by atoms with Crippen LogP contribution in [0, 0.1) is 11.8 Å². The number of halogens is 3. The van der Waals surface area contributed by atoms with Gasteiger partial charge in [-0.1, -0.05) is 40.9 Å². The Kier molecular flexibility index (Phi) is 21.8. The first-order valence-corrected chi connectivity index (χ1v) is 28.2. The Balaban J connectivity index is 0.000000150. The molecule has 412 valence electrons. The third-order valence-corrected chi connectivity index (χ3v) is 13.9. The first kappa shape index (κ1) is 58.7. The topological polar surface area (TPSA) is 333 Å². The smallest absolute Gasteiger partial charge is 0.454 e. The van der Waals surface area contributed by atoms with Crippen molar-refractivity contribution < 1.29 is 55.3 Å². The molecule has 0 spiro atoms. The van der Waals surface area contributed by atoms with E-state index in [0.29, 0.717) is 57.3 Å². The SMILES string of the molecule is Clc1cc(-c2ccc3c(c2)OCO3)ncn1.Clc1cc(Cl)ncn1.NS(=O)(=O)NCCC1CCN(c2cc(-c3ccc4c(c3)OCO4)ncn2)CC1.NS(=O)(=O)NCCC1CCNCC1.OB(O)c1ccc2c(c1)OCO2. The summed E-state index contributed by atoms with van der Waals surface area (Å²) in [4.78, 5) is 26.3. The highest BCUT2D eigenvalue weighted by atomic mass is 35.5. The summed E-state index contributed by atoms with van der Waals surface area (Å²) in [5, 5.41) is 31.8. The van der Waals surface area contributed by atoms with Gasteiger partial charge in [-0.3, -0.25) is 0 Å². The lowest BCUT2D eigenvalue weighted by molar-refractivity contribution is 0.173. The summed E-state index contributed by atoms with van der Waals surface area (Å²) in [6.45, 7) is 5.38.